The summed E-state index contributed by atoms with van der Waals surface area (Å²) in [4.78, 5) is 23.2. The van der Waals surface area contributed by atoms with Crippen LogP contribution in [0, 0.1) is 12.8 Å². The van der Waals surface area contributed by atoms with Crippen molar-refractivity contribution in [2.45, 2.75) is 26.3 Å². The lowest BCUT2D eigenvalue weighted by Gasteiger charge is -2.30. The van der Waals surface area contributed by atoms with E-state index < -0.39 is 0 Å². The number of likely N-dealkylation sites (tertiary alicyclic amines) is 1. The number of carbonyl (C=O) groups excluding carboxylic acids is 1. The Morgan fingerprint density at radius 2 is 2.08 bits per heavy atom. The molecule has 1 amide bonds. The number of hydrogen-bond donors (Lipinski definition) is 1. The van der Waals surface area contributed by atoms with Crippen LogP contribution in [0.25, 0.3) is 0 Å². The predicted octanol–water partition coefficient (Wildman–Crippen LogP) is 3.29. The normalized spacial score (nSPS) is 16.1. The van der Waals surface area contributed by atoms with E-state index in [1.807, 2.05) is 31.2 Å². The predicted molar refractivity (Wildman–Crippen MR) is 94.9 cm³/mol. The number of halogens is 1. The fraction of sp³-hybridized carbons (Fsp3) is 0.389. The van der Waals surface area contributed by atoms with Gasteiger partial charge in [-0.05, 0) is 62.7 Å². The molecule has 2 aromatic heterocycles. The second-order valence-electron chi connectivity index (χ2n) is 6.23. The number of hydrogen-bond acceptors (Lipinski definition) is 4. The summed E-state index contributed by atoms with van der Waals surface area (Å²) in [5.41, 5.74) is 2.09. The van der Waals surface area contributed by atoms with E-state index in [9.17, 15) is 4.79 Å². The highest BCUT2D eigenvalue weighted by Gasteiger charge is 2.25. The Morgan fingerprint density at radius 3 is 2.75 bits per heavy atom. The van der Waals surface area contributed by atoms with E-state index >= 15 is 0 Å². The molecule has 0 aromatic carbocycles. The van der Waals surface area contributed by atoms with Crippen LogP contribution in [0.1, 0.15) is 24.1 Å². The van der Waals surface area contributed by atoms with Gasteiger partial charge in [0, 0.05) is 24.9 Å². The van der Waals surface area contributed by atoms with Gasteiger partial charge in [-0.3, -0.25) is 14.7 Å². The molecule has 0 saturated carbocycles. The Balaban J connectivity index is 1.49. The van der Waals surface area contributed by atoms with E-state index in [-0.39, 0.29) is 11.8 Å². The highest BCUT2D eigenvalue weighted by Crippen LogP contribution is 2.20. The minimum atomic E-state index is 0.0433. The van der Waals surface area contributed by atoms with Gasteiger partial charge in [-0.15, -0.1) is 0 Å². The lowest BCUT2D eigenvalue weighted by Crippen LogP contribution is -2.38. The number of aromatic nitrogens is 2. The number of rotatable bonds is 4. The van der Waals surface area contributed by atoms with E-state index in [4.69, 9.17) is 11.6 Å². The van der Waals surface area contributed by atoms with Gasteiger partial charge in [-0.2, -0.15) is 0 Å². The molecule has 1 aliphatic heterocycles. The molecule has 5 nitrogen and oxygen atoms in total. The minimum absolute atomic E-state index is 0.0433. The smallest absolute Gasteiger partial charge is 0.228 e. The van der Waals surface area contributed by atoms with Gasteiger partial charge < -0.3 is 5.32 Å². The van der Waals surface area contributed by atoms with Crippen LogP contribution < -0.4 is 5.32 Å². The summed E-state index contributed by atoms with van der Waals surface area (Å²) in [5.74, 6) is 0.743. The van der Waals surface area contributed by atoms with E-state index in [2.05, 4.69) is 20.2 Å². The minimum Gasteiger partial charge on any atom is -0.310 e. The van der Waals surface area contributed by atoms with Crippen LogP contribution in [0.3, 0.4) is 0 Å². The van der Waals surface area contributed by atoms with E-state index in [0.717, 1.165) is 43.7 Å². The fourth-order valence-corrected chi connectivity index (χ4v) is 3.03. The van der Waals surface area contributed by atoms with Crippen LogP contribution in [0.4, 0.5) is 5.82 Å². The van der Waals surface area contributed by atoms with Gasteiger partial charge in [0.15, 0.2) is 0 Å². The molecule has 126 valence electrons. The number of amides is 1. The number of nitrogens with one attached hydrogen (secondary N) is 1. The molecular formula is C18H21ClN4O. The van der Waals surface area contributed by atoms with E-state index in [0.29, 0.717) is 10.8 Å². The van der Waals surface area contributed by atoms with Crippen molar-refractivity contribution in [1.82, 2.24) is 14.9 Å². The average molecular weight is 345 g/mol. The lowest BCUT2D eigenvalue weighted by atomic mass is 9.96. The molecule has 0 unspecified atom stereocenters. The first-order chi connectivity index (χ1) is 11.6. The van der Waals surface area contributed by atoms with Crippen LogP contribution in [0.5, 0.6) is 0 Å². The molecule has 3 rings (SSSR count). The highest BCUT2D eigenvalue weighted by molar-refractivity contribution is 6.30. The van der Waals surface area contributed by atoms with Gasteiger partial charge in [0.2, 0.25) is 5.91 Å². The summed E-state index contributed by atoms with van der Waals surface area (Å²) >= 11 is 5.86. The molecule has 24 heavy (non-hydrogen) atoms. The number of carbonyl (C=O) groups is 1. The molecule has 0 bridgehead atoms. The van der Waals surface area contributed by atoms with Crippen molar-refractivity contribution in [2.75, 3.05) is 18.4 Å². The Kier molecular flexibility index (Phi) is 5.43. The zero-order chi connectivity index (χ0) is 16.9. The molecule has 1 aliphatic rings. The summed E-state index contributed by atoms with van der Waals surface area (Å²) < 4.78 is 0. The molecule has 2 aromatic rings. The summed E-state index contributed by atoms with van der Waals surface area (Å²) in [6.07, 6.45) is 5.09. The van der Waals surface area contributed by atoms with Gasteiger partial charge in [0.1, 0.15) is 5.82 Å². The zero-order valence-corrected chi connectivity index (χ0v) is 14.5. The molecule has 1 fully saturated rings. The summed E-state index contributed by atoms with van der Waals surface area (Å²) in [6, 6.07) is 7.61. The second kappa shape index (κ2) is 7.73. The van der Waals surface area contributed by atoms with Crippen LogP contribution in [-0.4, -0.2) is 33.9 Å². The SMILES string of the molecule is Cc1ccnc(NC(=O)C2CCN(Cc3ccc(Cl)cn3)CC2)c1. The Hall–Kier alpha value is -1.98. The molecule has 0 atom stereocenters. The molecule has 6 heteroatoms. The van der Waals surface area contributed by atoms with Crippen LogP contribution in [0.2, 0.25) is 5.02 Å². The van der Waals surface area contributed by atoms with Crippen molar-refractivity contribution in [3.8, 4) is 0 Å². The number of aryl methyl sites for hydroxylation is 1. The molecule has 1 N–H and O–H groups in total. The zero-order valence-electron chi connectivity index (χ0n) is 13.7. The van der Waals surface area contributed by atoms with Crippen molar-refractivity contribution in [1.29, 1.82) is 0 Å². The average Bonchev–Trinajstić information content (AvgIpc) is 2.57. The first kappa shape index (κ1) is 16.9. The summed E-state index contributed by atoms with van der Waals surface area (Å²) in [7, 11) is 0. The van der Waals surface area contributed by atoms with E-state index in [1.54, 1.807) is 12.4 Å². The molecule has 3 heterocycles. The van der Waals surface area contributed by atoms with E-state index in [1.165, 1.54) is 0 Å². The van der Waals surface area contributed by atoms with Gasteiger partial charge in [0.25, 0.3) is 0 Å². The summed E-state index contributed by atoms with van der Waals surface area (Å²) in [5, 5.41) is 3.58. The topological polar surface area (TPSA) is 58.1 Å². The lowest BCUT2D eigenvalue weighted by molar-refractivity contribution is -0.121. The van der Waals surface area contributed by atoms with Crippen molar-refractivity contribution < 1.29 is 4.79 Å². The second-order valence-corrected chi connectivity index (χ2v) is 6.66. The summed E-state index contributed by atoms with van der Waals surface area (Å²) in [6.45, 7) is 4.57. The number of pyridine rings is 2. The van der Waals surface area contributed by atoms with Crippen LogP contribution >= 0.6 is 11.6 Å². The molecular weight excluding hydrogens is 324 g/mol. The number of piperidine rings is 1. The van der Waals surface area contributed by atoms with Crippen molar-refractivity contribution in [3.05, 3.63) is 52.9 Å². The van der Waals surface area contributed by atoms with Gasteiger partial charge >= 0.3 is 0 Å². The van der Waals surface area contributed by atoms with Crippen molar-refractivity contribution in [3.63, 3.8) is 0 Å². The third-order valence-corrected chi connectivity index (χ3v) is 4.52. The van der Waals surface area contributed by atoms with Gasteiger partial charge in [-0.1, -0.05) is 11.6 Å². The van der Waals surface area contributed by atoms with Crippen LogP contribution in [-0.2, 0) is 11.3 Å². The maximum Gasteiger partial charge on any atom is 0.228 e. The molecule has 1 saturated heterocycles. The first-order valence-corrected chi connectivity index (χ1v) is 8.54. The van der Waals surface area contributed by atoms with Crippen molar-refractivity contribution in [2.24, 2.45) is 5.92 Å². The first-order valence-electron chi connectivity index (χ1n) is 8.16. The Morgan fingerprint density at radius 1 is 1.29 bits per heavy atom. The fourth-order valence-electron chi connectivity index (χ4n) is 2.92. The van der Waals surface area contributed by atoms with Gasteiger partial charge in [0.05, 0.1) is 10.7 Å². The maximum absolute atomic E-state index is 12.4. The molecule has 0 radical (unpaired) electrons. The van der Waals surface area contributed by atoms with Crippen LogP contribution in [0.15, 0.2) is 36.7 Å². The Bertz CT molecular complexity index is 696. The monoisotopic (exact) mass is 344 g/mol. The molecule has 0 spiro atoms. The third-order valence-electron chi connectivity index (χ3n) is 4.30. The number of anilines is 1. The number of nitrogens with zero attached hydrogens (tertiary/aromatic N) is 3. The standard InChI is InChI=1S/C18H21ClN4O/c1-13-4-7-20-17(10-13)22-18(24)14-5-8-23(9-6-14)12-16-3-2-15(19)11-21-16/h2-4,7,10-11,14H,5-6,8-9,12H2,1H3,(H,20,22,24). The Labute approximate surface area is 147 Å². The van der Waals surface area contributed by atoms with Gasteiger partial charge in [-0.25, -0.2) is 4.98 Å². The molecule has 0 aliphatic carbocycles. The van der Waals surface area contributed by atoms with Crippen molar-refractivity contribution >= 4 is 23.3 Å². The largest absolute Gasteiger partial charge is 0.310 e. The quantitative estimate of drug-likeness (QED) is 0.924. The third kappa shape index (κ3) is 4.52. The highest BCUT2D eigenvalue weighted by atomic mass is 35.5. The maximum atomic E-state index is 12.4.